The van der Waals surface area contributed by atoms with Gasteiger partial charge in [0.05, 0.1) is 10.6 Å². The molecule has 0 spiro atoms. The van der Waals surface area contributed by atoms with Gasteiger partial charge >= 0.3 is 0 Å². The predicted octanol–water partition coefficient (Wildman–Crippen LogP) is 4.96. The van der Waals surface area contributed by atoms with Crippen molar-refractivity contribution in [3.63, 3.8) is 0 Å². The Morgan fingerprint density at radius 1 is 1.00 bits per heavy atom. The summed E-state index contributed by atoms with van der Waals surface area (Å²) in [6.07, 6.45) is 3.62. The molecule has 0 aliphatic heterocycles. The SMILES string of the molecule is Cc1ccc(S(=O)(=O)N(CC(=O)NCc2ccc(-n3ccnc3C)cc2)c2cccc(Cl)c2C)cc1. The third-order valence-electron chi connectivity index (χ3n) is 5.93. The molecule has 0 radical (unpaired) electrons. The van der Waals surface area contributed by atoms with Crippen LogP contribution in [0.2, 0.25) is 5.02 Å². The molecule has 186 valence electrons. The Bertz CT molecular complexity index is 1480. The van der Waals surface area contributed by atoms with Gasteiger partial charge in [-0.3, -0.25) is 9.10 Å². The van der Waals surface area contributed by atoms with Crippen molar-refractivity contribution < 1.29 is 13.2 Å². The Morgan fingerprint density at radius 3 is 2.33 bits per heavy atom. The number of hydrogen-bond donors (Lipinski definition) is 1. The van der Waals surface area contributed by atoms with E-state index < -0.39 is 15.9 Å². The molecule has 0 aliphatic carbocycles. The Hall–Kier alpha value is -3.62. The Morgan fingerprint density at radius 2 is 1.69 bits per heavy atom. The van der Waals surface area contributed by atoms with Crippen molar-refractivity contribution in [1.82, 2.24) is 14.9 Å². The third kappa shape index (κ3) is 5.45. The minimum Gasteiger partial charge on any atom is -0.350 e. The van der Waals surface area contributed by atoms with Crippen molar-refractivity contribution in [3.05, 3.63) is 107 Å². The second kappa shape index (κ2) is 10.6. The fourth-order valence-electron chi connectivity index (χ4n) is 3.82. The van der Waals surface area contributed by atoms with Crippen molar-refractivity contribution in [1.29, 1.82) is 0 Å². The number of carbonyl (C=O) groups is 1. The number of sulfonamides is 1. The van der Waals surface area contributed by atoms with E-state index in [0.29, 0.717) is 16.3 Å². The summed E-state index contributed by atoms with van der Waals surface area (Å²) in [5, 5.41) is 3.26. The first kappa shape index (κ1) is 25.5. The number of rotatable bonds is 8. The van der Waals surface area contributed by atoms with Crippen LogP contribution in [0.15, 0.2) is 84.0 Å². The predicted molar refractivity (Wildman–Crippen MR) is 142 cm³/mol. The standard InChI is InChI=1S/C27H27ClN4O3S/c1-19-7-13-24(14-8-19)36(34,35)32(26-6-4-5-25(28)20(26)2)18-27(33)30-17-22-9-11-23(12-10-22)31-16-15-29-21(31)3/h4-16H,17-18H2,1-3H3,(H,30,33). The lowest BCUT2D eigenvalue weighted by molar-refractivity contribution is -0.119. The van der Waals surface area contributed by atoms with Crippen LogP contribution in [0.5, 0.6) is 0 Å². The first-order valence-electron chi connectivity index (χ1n) is 11.4. The molecule has 1 heterocycles. The molecule has 4 rings (SSSR count). The van der Waals surface area contributed by atoms with Crippen LogP contribution < -0.4 is 9.62 Å². The highest BCUT2D eigenvalue weighted by atomic mass is 35.5. The molecule has 0 fully saturated rings. The monoisotopic (exact) mass is 522 g/mol. The topological polar surface area (TPSA) is 84.3 Å². The van der Waals surface area contributed by atoms with E-state index in [1.165, 1.54) is 0 Å². The lowest BCUT2D eigenvalue weighted by Gasteiger charge is -2.26. The molecule has 4 aromatic rings. The molecule has 0 unspecified atom stereocenters. The van der Waals surface area contributed by atoms with E-state index in [-0.39, 0.29) is 18.0 Å². The Balaban J connectivity index is 1.54. The fraction of sp³-hybridized carbons (Fsp3) is 0.185. The van der Waals surface area contributed by atoms with Crippen LogP contribution in [0.1, 0.15) is 22.5 Å². The van der Waals surface area contributed by atoms with E-state index >= 15 is 0 Å². The zero-order chi connectivity index (χ0) is 25.9. The van der Waals surface area contributed by atoms with Crippen LogP contribution >= 0.6 is 11.6 Å². The molecule has 1 amide bonds. The van der Waals surface area contributed by atoms with Gasteiger partial charge in [-0.25, -0.2) is 13.4 Å². The minimum absolute atomic E-state index is 0.102. The summed E-state index contributed by atoms with van der Waals surface area (Å²) >= 11 is 6.28. The smallest absolute Gasteiger partial charge is 0.264 e. The lowest BCUT2D eigenvalue weighted by Crippen LogP contribution is -2.41. The molecule has 9 heteroatoms. The number of nitrogens with zero attached hydrogens (tertiary/aromatic N) is 3. The van der Waals surface area contributed by atoms with Gasteiger partial charge < -0.3 is 9.88 Å². The maximum atomic E-state index is 13.6. The molecular formula is C27H27ClN4O3S. The van der Waals surface area contributed by atoms with Crippen LogP contribution in [0.25, 0.3) is 5.69 Å². The fourth-order valence-corrected chi connectivity index (χ4v) is 5.46. The van der Waals surface area contributed by atoms with Gasteiger partial charge in [0.15, 0.2) is 0 Å². The van der Waals surface area contributed by atoms with E-state index in [1.807, 2.05) is 48.9 Å². The Labute approximate surface area is 216 Å². The Kier molecular flexibility index (Phi) is 7.47. The zero-order valence-electron chi connectivity index (χ0n) is 20.3. The summed E-state index contributed by atoms with van der Waals surface area (Å²) in [6.45, 7) is 5.41. The van der Waals surface area contributed by atoms with Gasteiger partial charge in [-0.2, -0.15) is 0 Å². The van der Waals surface area contributed by atoms with Crippen LogP contribution in [0, 0.1) is 20.8 Å². The molecule has 0 saturated heterocycles. The summed E-state index contributed by atoms with van der Waals surface area (Å²) in [6, 6.07) is 19.3. The molecule has 36 heavy (non-hydrogen) atoms. The van der Waals surface area contributed by atoms with Crippen LogP contribution in [-0.2, 0) is 21.4 Å². The number of amides is 1. The highest BCUT2D eigenvalue weighted by Gasteiger charge is 2.28. The summed E-state index contributed by atoms with van der Waals surface area (Å²) in [5.74, 6) is 0.446. The highest BCUT2D eigenvalue weighted by Crippen LogP contribution is 2.30. The second-order valence-electron chi connectivity index (χ2n) is 8.50. The van der Waals surface area contributed by atoms with E-state index in [9.17, 15) is 13.2 Å². The summed E-state index contributed by atoms with van der Waals surface area (Å²) < 4.78 is 30.3. The molecule has 1 N–H and O–H groups in total. The molecule has 0 bridgehead atoms. The van der Waals surface area contributed by atoms with Gasteiger partial charge in [0.25, 0.3) is 10.0 Å². The van der Waals surface area contributed by atoms with Crippen LogP contribution in [0.3, 0.4) is 0 Å². The molecule has 1 aromatic heterocycles. The number of aryl methyl sites for hydroxylation is 2. The van der Waals surface area contributed by atoms with Crippen molar-refractivity contribution in [2.75, 3.05) is 10.8 Å². The van der Waals surface area contributed by atoms with E-state index in [2.05, 4.69) is 10.3 Å². The number of anilines is 1. The molecule has 0 atom stereocenters. The number of nitrogens with one attached hydrogen (secondary N) is 1. The lowest BCUT2D eigenvalue weighted by atomic mass is 10.2. The normalized spacial score (nSPS) is 11.3. The number of aromatic nitrogens is 2. The summed E-state index contributed by atoms with van der Waals surface area (Å²) in [4.78, 5) is 17.3. The van der Waals surface area contributed by atoms with Crippen molar-refractivity contribution in [2.45, 2.75) is 32.2 Å². The number of halogens is 1. The highest BCUT2D eigenvalue weighted by molar-refractivity contribution is 7.92. The molecular weight excluding hydrogens is 496 g/mol. The number of benzene rings is 3. The van der Waals surface area contributed by atoms with Gasteiger partial charge in [0, 0.05) is 29.6 Å². The number of hydrogen-bond acceptors (Lipinski definition) is 4. The number of imidazole rings is 1. The van der Waals surface area contributed by atoms with Gasteiger partial charge in [-0.15, -0.1) is 0 Å². The maximum absolute atomic E-state index is 13.6. The van der Waals surface area contributed by atoms with Crippen LogP contribution in [-0.4, -0.2) is 30.4 Å². The van der Waals surface area contributed by atoms with Crippen LogP contribution in [0.4, 0.5) is 5.69 Å². The van der Waals surface area contributed by atoms with Crippen molar-refractivity contribution in [3.8, 4) is 5.69 Å². The average Bonchev–Trinajstić information content (AvgIpc) is 3.29. The van der Waals surface area contributed by atoms with Crippen molar-refractivity contribution in [2.24, 2.45) is 0 Å². The number of carbonyl (C=O) groups excluding carboxylic acids is 1. The average molecular weight is 523 g/mol. The first-order chi connectivity index (χ1) is 17.2. The van der Waals surface area contributed by atoms with Gasteiger partial charge in [0.1, 0.15) is 12.4 Å². The molecule has 3 aromatic carbocycles. The van der Waals surface area contributed by atoms with Gasteiger partial charge in [-0.05, 0) is 68.3 Å². The first-order valence-corrected chi connectivity index (χ1v) is 13.2. The van der Waals surface area contributed by atoms with Crippen molar-refractivity contribution >= 4 is 33.2 Å². The summed E-state index contributed by atoms with van der Waals surface area (Å²) in [5.41, 5.74) is 3.72. The minimum atomic E-state index is -4.02. The van der Waals surface area contributed by atoms with E-state index in [0.717, 1.165) is 26.9 Å². The molecule has 0 aliphatic rings. The largest absolute Gasteiger partial charge is 0.350 e. The van der Waals surface area contributed by atoms with Gasteiger partial charge in [-0.1, -0.05) is 47.5 Å². The maximum Gasteiger partial charge on any atom is 0.264 e. The molecule has 0 saturated carbocycles. The summed E-state index contributed by atoms with van der Waals surface area (Å²) in [7, 11) is -4.02. The van der Waals surface area contributed by atoms with E-state index in [4.69, 9.17) is 11.6 Å². The van der Waals surface area contributed by atoms with E-state index in [1.54, 1.807) is 55.6 Å². The van der Waals surface area contributed by atoms with Gasteiger partial charge in [0.2, 0.25) is 5.91 Å². The zero-order valence-corrected chi connectivity index (χ0v) is 21.8. The second-order valence-corrected chi connectivity index (χ2v) is 10.8. The molecule has 7 nitrogen and oxygen atoms in total. The quantitative estimate of drug-likeness (QED) is 0.354. The third-order valence-corrected chi connectivity index (χ3v) is 8.12.